The summed E-state index contributed by atoms with van der Waals surface area (Å²) in [5.41, 5.74) is 1.35. The lowest BCUT2D eigenvalue weighted by Crippen LogP contribution is -2.19. The Labute approximate surface area is 153 Å². The zero-order chi connectivity index (χ0) is 16.7. The molecule has 1 fully saturated rings. The molecule has 122 valence electrons. The van der Waals surface area contributed by atoms with Crippen molar-refractivity contribution in [1.82, 2.24) is 14.8 Å². The summed E-state index contributed by atoms with van der Waals surface area (Å²) in [6.07, 6.45) is 2.98. The fourth-order valence-corrected chi connectivity index (χ4v) is 3.56. The molecule has 2 aromatic carbocycles. The number of benzene rings is 2. The third-order valence-corrected chi connectivity index (χ3v) is 4.95. The second-order valence-electron chi connectivity index (χ2n) is 5.65. The van der Waals surface area contributed by atoms with Gasteiger partial charge in [0.2, 0.25) is 0 Å². The van der Waals surface area contributed by atoms with Crippen molar-refractivity contribution >= 4 is 34.8 Å². The van der Waals surface area contributed by atoms with Gasteiger partial charge in [-0.1, -0.05) is 53.0 Å². The van der Waals surface area contributed by atoms with Gasteiger partial charge in [-0.05, 0) is 29.8 Å². The third-order valence-electron chi connectivity index (χ3n) is 4.14. The van der Waals surface area contributed by atoms with Crippen LogP contribution in [0, 0.1) is 0 Å². The first-order chi connectivity index (χ1) is 11.6. The lowest BCUT2D eigenvalue weighted by atomic mass is 9.91. The van der Waals surface area contributed by atoms with Crippen LogP contribution >= 0.6 is 34.8 Å². The Bertz CT molecular complexity index is 867. The minimum absolute atomic E-state index is 0.187. The van der Waals surface area contributed by atoms with Gasteiger partial charge in [0.15, 0.2) is 0 Å². The van der Waals surface area contributed by atoms with Crippen LogP contribution in [0.15, 0.2) is 55.1 Å². The number of hydrogen-bond donors (Lipinski definition) is 0. The maximum absolute atomic E-state index is 6.37. The smallest absolute Gasteiger partial charge is 0.144 e. The van der Waals surface area contributed by atoms with Crippen molar-refractivity contribution in [2.45, 2.75) is 18.2 Å². The van der Waals surface area contributed by atoms with Crippen LogP contribution in [0.25, 0.3) is 0 Å². The predicted octanol–water partition coefficient (Wildman–Crippen LogP) is 4.91. The summed E-state index contributed by atoms with van der Waals surface area (Å²) < 4.78 is 7.90. The van der Waals surface area contributed by atoms with E-state index in [0.717, 1.165) is 11.1 Å². The summed E-state index contributed by atoms with van der Waals surface area (Å²) in [6.45, 7) is 0.526. The van der Waals surface area contributed by atoms with E-state index in [-0.39, 0.29) is 6.10 Å². The highest BCUT2D eigenvalue weighted by atomic mass is 35.5. The van der Waals surface area contributed by atoms with Crippen LogP contribution < -0.4 is 0 Å². The van der Waals surface area contributed by atoms with Gasteiger partial charge < -0.3 is 4.74 Å². The summed E-state index contributed by atoms with van der Waals surface area (Å²) in [5.74, 6) is 0. The normalized spacial score (nSPS) is 22.5. The Balaban J connectivity index is 1.74. The molecule has 1 aromatic heterocycles. The van der Waals surface area contributed by atoms with E-state index >= 15 is 0 Å². The summed E-state index contributed by atoms with van der Waals surface area (Å²) in [6, 6.07) is 13.1. The molecule has 4 rings (SSSR count). The first-order valence-corrected chi connectivity index (χ1v) is 8.43. The summed E-state index contributed by atoms with van der Waals surface area (Å²) in [5, 5.41) is 6.05. The van der Waals surface area contributed by atoms with Crippen molar-refractivity contribution in [2.75, 3.05) is 0 Å². The van der Waals surface area contributed by atoms with Crippen LogP contribution in [0.2, 0.25) is 15.1 Å². The minimum atomic E-state index is -0.560. The number of epoxide rings is 1. The highest BCUT2D eigenvalue weighted by Gasteiger charge is 2.59. The zero-order valence-corrected chi connectivity index (χ0v) is 14.6. The van der Waals surface area contributed by atoms with Crippen molar-refractivity contribution in [1.29, 1.82) is 0 Å². The molecule has 0 aliphatic carbocycles. The molecule has 0 radical (unpaired) electrons. The fourth-order valence-electron chi connectivity index (χ4n) is 2.92. The van der Waals surface area contributed by atoms with Gasteiger partial charge in [-0.3, -0.25) is 0 Å². The highest BCUT2D eigenvalue weighted by Crippen LogP contribution is 2.59. The molecule has 7 heteroatoms. The van der Waals surface area contributed by atoms with E-state index in [0.29, 0.717) is 21.6 Å². The number of rotatable bonds is 4. The maximum atomic E-state index is 6.37. The lowest BCUT2D eigenvalue weighted by molar-refractivity contribution is 0.262. The van der Waals surface area contributed by atoms with E-state index in [9.17, 15) is 0 Å². The summed E-state index contributed by atoms with van der Waals surface area (Å²) in [4.78, 5) is 4.00. The molecule has 0 saturated carbocycles. The average Bonchev–Trinajstić information content (AvgIpc) is 3.02. The predicted molar refractivity (Wildman–Crippen MR) is 93.4 cm³/mol. The van der Waals surface area contributed by atoms with Gasteiger partial charge in [0, 0.05) is 20.6 Å². The van der Waals surface area contributed by atoms with Gasteiger partial charge in [0.05, 0.1) is 6.54 Å². The molecule has 0 N–H and O–H groups in total. The molecule has 1 aliphatic rings. The van der Waals surface area contributed by atoms with Gasteiger partial charge in [-0.25, -0.2) is 9.67 Å². The fraction of sp³-hybridized carbons (Fsp3) is 0.176. The molecule has 3 aromatic rings. The topological polar surface area (TPSA) is 43.2 Å². The van der Waals surface area contributed by atoms with Crippen LogP contribution in [0.5, 0.6) is 0 Å². The minimum Gasteiger partial charge on any atom is -0.354 e. The van der Waals surface area contributed by atoms with Crippen molar-refractivity contribution in [2.24, 2.45) is 0 Å². The third kappa shape index (κ3) is 2.80. The van der Waals surface area contributed by atoms with Crippen molar-refractivity contribution in [3.63, 3.8) is 0 Å². The molecule has 2 atom stereocenters. The van der Waals surface area contributed by atoms with Crippen LogP contribution in [0.3, 0.4) is 0 Å². The molecular formula is C17H12Cl3N3O. The van der Waals surface area contributed by atoms with Gasteiger partial charge in [-0.2, -0.15) is 5.10 Å². The Morgan fingerprint density at radius 2 is 1.79 bits per heavy atom. The number of aromatic nitrogens is 3. The van der Waals surface area contributed by atoms with Gasteiger partial charge in [-0.15, -0.1) is 0 Å². The van der Waals surface area contributed by atoms with E-state index in [2.05, 4.69) is 10.1 Å². The van der Waals surface area contributed by atoms with Gasteiger partial charge in [0.25, 0.3) is 0 Å². The van der Waals surface area contributed by atoms with E-state index in [1.54, 1.807) is 17.1 Å². The molecule has 4 nitrogen and oxygen atoms in total. The van der Waals surface area contributed by atoms with Crippen LogP contribution in [-0.2, 0) is 16.9 Å². The molecule has 0 amide bonds. The molecule has 0 bridgehead atoms. The summed E-state index contributed by atoms with van der Waals surface area (Å²) >= 11 is 18.4. The Morgan fingerprint density at radius 3 is 2.46 bits per heavy atom. The van der Waals surface area contributed by atoms with Crippen molar-refractivity contribution in [3.05, 3.63) is 81.3 Å². The van der Waals surface area contributed by atoms with E-state index < -0.39 is 5.60 Å². The molecule has 1 saturated heterocycles. The number of hydrogen-bond acceptors (Lipinski definition) is 3. The van der Waals surface area contributed by atoms with E-state index in [1.165, 1.54) is 6.33 Å². The number of nitrogens with zero attached hydrogens (tertiary/aromatic N) is 3. The second kappa shape index (κ2) is 6.05. The first kappa shape index (κ1) is 15.9. The standard InChI is InChI=1S/C17H12Cl3N3O/c18-12-3-1-11(2-4-12)17(8-23-10-21-9-22-23)16(24-17)14-6-5-13(19)7-15(14)20/h1-7,9-10,16H,8H2/t16?,17-/m0/s1. The Hall–Kier alpha value is -1.59. The van der Waals surface area contributed by atoms with Crippen LogP contribution in [0.1, 0.15) is 17.2 Å². The average molecular weight is 381 g/mol. The maximum Gasteiger partial charge on any atom is 0.144 e. The van der Waals surface area contributed by atoms with E-state index in [1.807, 2.05) is 36.4 Å². The lowest BCUT2D eigenvalue weighted by Gasteiger charge is -2.14. The zero-order valence-electron chi connectivity index (χ0n) is 12.4. The molecule has 0 spiro atoms. The Kier molecular flexibility index (Phi) is 4.01. The summed E-state index contributed by atoms with van der Waals surface area (Å²) in [7, 11) is 0. The van der Waals surface area contributed by atoms with E-state index in [4.69, 9.17) is 39.5 Å². The number of ether oxygens (including phenoxy) is 1. The van der Waals surface area contributed by atoms with Gasteiger partial charge in [0.1, 0.15) is 24.4 Å². The molecule has 2 heterocycles. The van der Waals surface area contributed by atoms with Crippen molar-refractivity contribution in [3.8, 4) is 0 Å². The molecule has 1 aliphatic heterocycles. The molecular weight excluding hydrogens is 369 g/mol. The monoisotopic (exact) mass is 379 g/mol. The molecule has 24 heavy (non-hydrogen) atoms. The van der Waals surface area contributed by atoms with Crippen LogP contribution in [0.4, 0.5) is 0 Å². The SMILES string of the molecule is Clc1ccc([C@]2(Cn3cncn3)OC2c2ccc(Cl)cc2Cl)cc1. The number of halogens is 3. The van der Waals surface area contributed by atoms with Crippen molar-refractivity contribution < 1.29 is 4.74 Å². The second-order valence-corrected chi connectivity index (χ2v) is 6.93. The highest BCUT2D eigenvalue weighted by molar-refractivity contribution is 6.35. The molecule has 1 unspecified atom stereocenters. The quantitative estimate of drug-likeness (QED) is 0.604. The first-order valence-electron chi connectivity index (χ1n) is 7.30. The van der Waals surface area contributed by atoms with Crippen LogP contribution in [-0.4, -0.2) is 14.8 Å². The largest absolute Gasteiger partial charge is 0.354 e. The van der Waals surface area contributed by atoms with Gasteiger partial charge >= 0.3 is 0 Å². The Morgan fingerprint density at radius 1 is 1.04 bits per heavy atom.